The van der Waals surface area contributed by atoms with Crippen LogP contribution in [0.5, 0.6) is 0 Å². The van der Waals surface area contributed by atoms with Crippen molar-refractivity contribution in [2.75, 3.05) is 14.1 Å². The fourth-order valence-electron chi connectivity index (χ4n) is 1.57. The second-order valence-electron chi connectivity index (χ2n) is 4.35. The third-order valence-corrected chi connectivity index (χ3v) is 2.56. The molecule has 108 valence electrons. The van der Waals surface area contributed by atoms with Gasteiger partial charge in [-0.15, -0.1) is 0 Å². The average molecular weight is 283 g/mol. The van der Waals surface area contributed by atoms with E-state index in [9.17, 15) is 24.1 Å². The van der Waals surface area contributed by atoms with Crippen molar-refractivity contribution in [2.24, 2.45) is 0 Å². The highest BCUT2D eigenvalue weighted by Gasteiger charge is 2.24. The van der Waals surface area contributed by atoms with Crippen LogP contribution in [0.4, 0.5) is 10.1 Å². The van der Waals surface area contributed by atoms with Gasteiger partial charge in [0.05, 0.1) is 4.92 Å². The number of nitro benzene ring substituents is 1. The molecule has 1 N–H and O–H groups in total. The molecule has 1 aromatic carbocycles. The summed E-state index contributed by atoms with van der Waals surface area (Å²) in [5, 5.41) is 13.1. The topological polar surface area (TPSA) is 92.5 Å². The Balaban J connectivity index is 3.01. The normalized spacial score (nSPS) is 11.6. The fourth-order valence-corrected chi connectivity index (χ4v) is 1.57. The lowest BCUT2D eigenvalue weighted by molar-refractivity contribution is -0.385. The van der Waals surface area contributed by atoms with E-state index in [0.29, 0.717) is 0 Å². The molecule has 0 saturated carbocycles. The molecule has 1 aromatic rings. The van der Waals surface area contributed by atoms with Gasteiger partial charge in [-0.1, -0.05) is 0 Å². The van der Waals surface area contributed by atoms with Crippen LogP contribution >= 0.6 is 0 Å². The van der Waals surface area contributed by atoms with E-state index in [1.807, 2.05) is 0 Å². The molecule has 0 aliphatic heterocycles. The number of rotatable bonds is 4. The Morgan fingerprint density at radius 3 is 2.50 bits per heavy atom. The number of nitrogens with one attached hydrogen (secondary N) is 1. The fraction of sp³-hybridized carbons (Fsp3) is 0.333. The molecule has 1 rings (SSSR count). The molecule has 2 amide bonds. The van der Waals surface area contributed by atoms with E-state index in [1.165, 1.54) is 25.9 Å². The largest absolute Gasteiger partial charge is 0.347 e. The van der Waals surface area contributed by atoms with E-state index in [2.05, 4.69) is 5.32 Å². The number of amides is 2. The number of hydrogen-bond acceptors (Lipinski definition) is 4. The number of benzene rings is 1. The van der Waals surface area contributed by atoms with E-state index < -0.39 is 33.9 Å². The van der Waals surface area contributed by atoms with Crippen molar-refractivity contribution in [1.29, 1.82) is 0 Å². The SMILES string of the molecule is CC(NC(=O)c1cc(F)ccc1[N+](=O)[O-])C(=O)N(C)C. The monoisotopic (exact) mass is 283 g/mol. The van der Waals surface area contributed by atoms with E-state index >= 15 is 0 Å². The molecule has 0 saturated heterocycles. The molecule has 8 heteroatoms. The van der Waals surface area contributed by atoms with Gasteiger partial charge in [-0.25, -0.2) is 4.39 Å². The summed E-state index contributed by atoms with van der Waals surface area (Å²) in [4.78, 5) is 34.8. The molecular weight excluding hydrogens is 269 g/mol. The van der Waals surface area contributed by atoms with Crippen molar-refractivity contribution in [3.05, 3.63) is 39.7 Å². The Morgan fingerprint density at radius 2 is 2.00 bits per heavy atom. The number of hydrogen-bond donors (Lipinski definition) is 1. The van der Waals surface area contributed by atoms with Crippen LogP contribution in [0.15, 0.2) is 18.2 Å². The van der Waals surface area contributed by atoms with Crippen LogP contribution in [0.2, 0.25) is 0 Å². The molecule has 0 aliphatic rings. The van der Waals surface area contributed by atoms with Gasteiger partial charge in [-0.2, -0.15) is 0 Å². The highest BCUT2D eigenvalue weighted by Crippen LogP contribution is 2.19. The van der Waals surface area contributed by atoms with Crippen molar-refractivity contribution in [3.63, 3.8) is 0 Å². The standard InChI is InChI=1S/C12H14FN3O4/c1-7(12(18)15(2)3)14-11(17)9-6-8(13)4-5-10(9)16(19)20/h4-7H,1-3H3,(H,14,17). The maximum Gasteiger partial charge on any atom is 0.282 e. The summed E-state index contributed by atoms with van der Waals surface area (Å²) in [6, 6.07) is 1.69. The molecule has 0 radical (unpaired) electrons. The Morgan fingerprint density at radius 1 is 1.40 bits per heavy atom. The van der Waals surface area contributed by atoms with Gasteiger partial charge in [0.1, 0.15) is 17.4 Å². The van der Waals surface area contributed by atoms with E-state index in [0.717, 1.165) is 18.2 Å². The third kappa shape index (κ3) is 3.50. The zero-order valence-corrected chi connectivity index (χ0v) is 11.2. The predicted octanol–water partition coefficient (Wildman–Crippen LogP) is 0.940. The lowest BCUT2D eigenvalue weighted by atomic mass is 10.1. The highest BCUT2D eigenvalue weighted by atomic mass is 19.1. The van der Waals surface area contributed by atoms with Gasteiger partial charge >= 0.3 is 0 Å². The molecule has 20 heavy (non-hydrogen) atoms. The molecule has 1 unspecified atom stereocenters. The first-order chi connectivity index (χ1) is 9.23. The summed E-state index contributed by atoms with van der Waals surface area (Å²) in [5.74, 6) is -2.02. The Bertz CT molecular complexity index is 560. The van der Waals surface area contributed by atoms with Gasteiger partial charge < -0.3 is 10.2 Å². The first kappa shape index (κ1) is 15.5. The van der Waals surface area contributed by atoms with Crippen LogP contribution in [-0.4, -0.2) is 41.8 Å². The minimum Gasteiger partial charge on any atom is -0.347 e. The van der Waals surface area contributed by atoms with Gasteiger partial charge in [0, 0.05) is 20.2 Å². The Kier molecular flexibility index (Phi) is 4.73. The highest BCUT2D eigenvalue weighted by molar-refractivity contribution is 6.00. The van der Waals surface area contributed by atoms with Gasteiger partial charge in [-0.05, 0) is 19.1 Å². The van der Waals surface area contributed by atoms with Crippen LogP contribution < -0.4 is 5.32 Å². The Hall–Kier alpha value is -2.51. The summed E-state index contributed by atoms with van der Waals surface area (Å²) in [7, 11) is 3.02. The molecular formula is C12H14FN3O4. The predicted molar refractivity (Wildman–Crippen MR) is 68.7 cm³/mol. The molecule has 1 atom stereocenters. The molecule has 0 fully saturated rings. The van der Waals surface area contributed by atoms with Crippen LogP contribution in [0.3, 0.4) is 0 Å². The van der Waals surface area contributed by atoms with Crippen LogP contribution in [0, 0.1) is 15.9 Å². The summed E-state index contributed by atoms with van der Waals surface area (Å²) in [5.41, 5.74) is -0.943. The summed E-state index contributed by atoms with van der Waals surface area (Å²) < 4.78 is 13.1. The second-order valence-corrected chi connectivity index (χ2v) is 4.35. The molecule has 0 aromatic heterocycles. The smallest absolute Gasteiger partial charge is 0.282 e. The van der Waals surface area contributed by atoms with Crippen molar-refractivity contribution in [3.8, 4) is 0 Å². The van der Waals surface area contributed by atoms with Gasteiger partial charge in [0.2, 0.25) is 5.91 Å². The average Bonchev–Trinajstić information content (AvgIpc) is 2.36. The minimum absolute atomic E-state index is 0.377. The van der Waals surface area contributed by atoms with E-state index in [4.69, 9.17) is 0 Å². The summed E-state index contributed by atoms with van der Waals surface area (Å²) >= 11 is 0. The minimum atomic E-state index is -0.876. The number of nitrogens with zero attached hydrogens (tertiary/aromatic N) is 2. The van der Waals surface area contributed by atoms with Crippen molar-refractivity contribution >= 4 is 17.5 Å². The van der Waals surface area contributed by atoms with Gasteiger partial charge in [0.15, 0.2) is 0 Å². The number of nitro groups is 1. The summed E-state index contributed by atoms with van der Waals surface area (Å²) in [6.07, 6.45) is 0. The van der Waals surface area contributed by atoms with Crippen LogP contribution in [0.1, 0.15) is 17.3 Å². The van der Waals surface area contributed by atoms with E-state index in [-0.39, 0.29) is 5.91 Å². The molecule has 0 spiro atoms. The quantitative estimate of drug-likeness (QED) is 0.657. The molecule has 0 heterocycles. The molecule has 0 bridgehead atoms. The maximum atomic E-state index is 13.1. The number of carbonyl (C=O) groups excluding carboxylic acids is 2. The van der Waals surface area contributed by atoms with Crippen molar-refractivity contribution < 1.29 is 18.9 Å². The van der Waals surface area contributed by atoms with Crippen LogP contribution in [-0.2, 0) is 4.79 Å². The maximum absolute atomic E-state index is 13.1. The van der Waals surface area contributed by atoms with E-state index in [1.54, 1.807) is 0 Å². The lowest BCUT2D eigenvalue weighted by Crippen LogP contribution is -2.44. The molecule has 0 aliphatic carbocycles. The van der Waals surface area contributed by atoms with Gasteiger partial charge in [0.25, 0.3) is 11.6 Å². The first-order valence-electron chi connectivity index (χ1n) is 5.70. The number of carbonyl (C=O) groups is 2. The second kappa shape index (κ2) is 6.09. The van der Waals surface area contributed by atoms with Crippen molar-refractivity contribution in [1.82, 2.24) is 10.2 Å². The lowest BCUT2D eigenvalue weighted by Gasteiger charge is -2.17. The number of likely N-dealkylation sites (N-methyl/N-ethyl adjacent to an activating group) is 1. The Labute approximate surface area is 114 Å². The first-order valence-corrected chi connectivity index (χ1v) is 5.70. The zero-order chi connectivity index (χ0) is 15.4. The summed E-state index contributed by atoms with van der Waals surface area (Å²) in [6.45, 7) is 1.44. The van der Waals surface area contributed by atoms with Gasteiger partial charge in [-0.3, -0.25) is 19.7 Å². The zero-order valence-electron chi connectivity index (χ0n) is 11.2. The third-order valence-electron chi connectivity index (χ3n) is 2.56. The number of halogens is 1. The van der Waals surface area contributed by atoms with Crippen LogP contribution in [0.25, 0.3) is 0 Å². The van der Waals surface area contributed by atoms with Crippen molar-refractivity contribution in [2.45, 2.75) is 13.0 Å². The molecule has 7 nitrogen and oxygen atoms in total.